The van der Waals surface area contributed by atoms with Crippen LogP contribution in [-0.2, 0) is 19.1 Å². The van der Waals surface area contributed by atoms with Crippen molar-refractivity contribution >= 4 is 18.0 Å². The van der Waals surface area contributed by atoms with Crippen molar-refractivity contribution in [3.05, 3.63) is 0 Å². The van der Waals surface area contributed by atoms with E-state index in [9.17, 15) is 14.4 Å². The molecule has 0 bridgehead atoms. The molecule has 1 amide bonds. The van der Waals surface area contributed by atoms with E-state index in [4.69, 9.17) is 14.6 Å². The molecule has 2 N–H and O–H groups in total. The molecule has 0 unspecified atom stereocenters. The Kier molecular flexibility index (Phi) is 5.80. The number of hydrogen-bond donors (Lipinski definition) is 2. The summed E-state index contributed by atoms with van der Waals surface area (Å²) in [7, 11) is 0. The highest BCUT2D eigenvalue weighted by atomic mass is 16.6. The molecular formula is C12H21NO6. The molecule has 0 fully saturated rings. The lowest BCUT2D eigenvalue weighted by Crippen LogP contribution is -2.38. The first-order valence-corrected chi connectivity index (χ1v) is 5.86. The molecule has 110 valence electrons. The number of alkyl carbamates (subject to hydrolysis) is 1. The maximum absolute atomic E-state index is 11.4. The van der Waals surface area contributed by atoms with E-state index in [-0.39, 0.29) is 13.0 Å². The zero-order valence-corrected chi connectivity index (χ0v) is 11.9. The summed E-state index contributed by atoms with van der Waals surface area (Å²) in [5.74, 6) is -1.94. The van der Waals surface area contributed by atoms with Gasteiger partial charge in [0.05, 0.1) is 6.42 Å². The third-order valence-corrected chi connectivity index (χ3v) is 1.88. The molecule has 0 radical (unpaired) electrons. The molecule has 0 spiro atoms. The predicted molar refractivity (Wildman–Crippen MR) is 66.7 cm³/mol. The van der Waals surface area contributed by atoms with Crippen LogP contribution < -0.4 is 5.32 Å². The van der Waals surface area contributed by atoms with Gasteiger partial charge in [-0.05, 0) is 34.6 Å². The van der Waals surface area contributed by atoms with Gasteiger partial charge in [0.1, 0.15) is 5.60 Å². The van der Waals surface area contributed by atoms with E-state index in [2.05, 4.69) is 5.32 Å². The molecule has 0 aliphatic rings. The second-order valence-electron chi connectivity index (χ2n) is 5.47. The number of carbonyl (C=O) groups excluding carboxylic acids is 2. The second-order valence-corrected chi connectivity index (χ2v) is 5.47. The highest BCUT2D eigenvalue weighted by molar-refractivity contribution is 5.81. The highest BCUT2D eigenvalue weighted by Gasteiger charge is 2.31. The van der Waals surface area contributed by atoms with Crippen LogP contribution in [0.3, 0.4) is 0 Å². The molecule has 7 heteroatoms. The highest BCUT2D eigenvalue weighted by Crippen LogP contribution is 2.10. The summed E-state index contributed by atoms with van der Waals surface area (Å²) in [4.78, 5) is 33.3. The van der Waals surface area contributed by atoms with E-state index in [1.165, 1.54) is 13.8 Å². The van der Waals surface area contributed by atoms with E-state index >= 15 is 0 Å². The minimum absolute atomic E-state index is 0.0173. The predicted octanol–water partition coefficient (Wildman–Crippen LogP) is 1.31. The lowest BCUT2D eigenvalue weighted by atomic mass is 10.1. The molecule has 0 saturated heterocycles. The van der Waals surface area contributed by atoms with Gasteiger partial charge in [-0.1, -0.05) is 0 Å². The van der Waals surface area contributed by atoms with E-state index in [1.54, 1.807) is 20.8 Å². The van der Waals surface area contributed by atoms with Gasteiger partial charge in [-0.25, -0.2) is 9.59 Å². The van der Waals surface area contributed by atoms with Gasteiger partial charge in [0.2, 0.25) is 5.60 Å². The van der Waals surface area contributed by atoms with Crippen molar-refractivity contribution in [2.24, 2.45) is 0 Å². The molecule has 19 heavy (non-hydrogen) atoms. The van der Waals surface area contributed by atoms with Crippen molar-refractivity contribution in [1.29, 1.82) is 0 Å². The van der Waals surface area contributed by atoms with Crippen LogP contribution in [0.2, 0.25) is 0 Å². The number of carboxylic acid groups (broad SMARTS) is 1. The van der Waals surface area contributed by atoms with Gasteiger partial charge < -0.3 is 19.9 Å². The molecular weight excluding hydrogens is 254 g/mol. The largest absolute Gasteiger partial charge is 0.478 e. The summed E-state index contributed by atoms with van der Waals surface area (Å²) in [5, 5.41) is 11.1. The molecule has 0 heterocycles. The summed E-state index contributed by atoms with van der Waals surface area (Å²) in [5.41, 5.74) is -2.20. The van der Waals surface area contributed by atoms with Gasteiger partial charge in [-0.3, -0.25) is 4.79 Å². The average Bonchev–Trinajstić information content (AvgIpc) is 2.12. The number of nitrogens with one attached hydrogen (secondary N) is 1. The van der Waals surface area contributed by atoms with Crippen LogP contribution in [0.1, 0.15) is 41.0 Å². The van der Waals surface area contributed by atoms with E-state index in [0.29, 0.717) is 0 Å². The summed E-state index contributed by atoms with van der Waals surface area (Å²) < 4.78 is 9.71. The van der Waals surface area contributed by atoms with Gasteiger partial charge in [-0.15, -0.1) is 0 Å². The lowest BCUT2D eigenvalue weighted by Gasteiger charge is -2.21. The number of rotatable bonds is 5. The summed E-state index contributed by atoms with van der Waals surface area (Å²) >= 11 is 0. The van der Waals surface area contributed by atoms with Crippen molar-refractivity contribution in [3.63, 3.8) is 0 Å². The van der Waals surface area contributed by atoms with E-state index < -0.39 is 29.2 Å². The number of carbonyl (C=O) groups is 3. The molecule has 0 aliphatic heterocycles. The van der Waals surface area contributed by atoms with E-state index in [1.807, 2.05) is 0 Å². The number of amides is 1. The van der Waals surface area contributed by atoms with Crippen LogP contribution in [0, 0.1) is 0 Å². The van der Waals surface area contributed by atoms with Gasteiger partial charge in [0.25, 0.3) is 0 Å². The monoisotopic (exact) mass is 275 g/mol. The fourth-order valence-electron chi connectivity index (χ4n) is 0.960. The molecule has 0 saturated carbocycles. The summed E-state index contributed by atoms with van der Waals surface area (Å²) in [6, 6.07) is 0. The Hall–Kier alpha value is -1.79. The number of ether oxygens (including phenoxy) is 2. The van der Waals surface area contributed by atoms with Crippen LogP contribution in [0.5, 0.6) is 0 Å². The van der Waals surface area contributed by atoms with Crippen LogP contribution in [0.4, 0.5) is 4.79 Å². The van der Waals surface area contributed by atoms with Crippen molar-refractivity contribution < 1.29 is 29.0 Å². The van der Waals surface area contributed by atoms with Crippen molar-refractivity contribution in [3.8, 4) is 0 Å². The fraction of sp³-hybridized carbons (Fsp3) is 0.750. The van der Waals surface area contributed by atoms with E-state index in [0.717, 1.165) is 0 Å². The first-order chi connectivity index (χ1) is 8.44. The maximum atomic E-state index is 11.4. The molecule has 0 aromatic carbocycles. The fourth-order valence-corrected chi connectivity index (χ4v) is 0.960. The average molecular weight is 275 g/mol. The minimum Gasteiger partial charge on any atom is -0.478 e. The van der Waals surface area contributed by atoms with Crippen LogP contribution >= 0.6 is 0 Å². The van der Waals surface area contributed by atoms with Crippen LogP contribution in [-0.4, -0.2) is 40.9 Å². The van der Waals surface area contributed by atoms with Gasteiger partial charge >= 0.3 is 18.0 Å². The Balaban J connectivity index is 4.00. The van der Waals surface area contributed by atoms with Crippen LogP contribution in [0.25, 0.3) is 0 Å². The van der Waals surface area contributed by atoms with Crippen molar-refractivity contribution in [2.45, 2.75) is 52.2 Å². The maximum Gasteiger partial charge on any atom is 0.407 e. The minimum atomic E-state index is -1.58. The molecule has 0 aromatic rings. The standard InChI is InChI=1S/C12H21NO6/c1-11(2,3)19-10(17)13-7-6-8(14)18-12(4,5)9(15)16/h6-7H2,1-5H3,(H,13,17)(H,15,16). The topological polar surface area (TPSA) is 102 Å². The zero-order valence-electron chi connectivity index (χ0n) is 11.9. The molecule has 0 aliphatic carbocycles. The molecule has 0 aromatic heterocycles. The number of aliphatic carboxylic acids is 1. The summed E-state index contributed by atoms with van der Waals surface area (Å²) in [6.07, 6.45) is -0.770. The second kappa shape index (κ2) is 6.40. The zero-order chi connectivity index (χ0) is 15.3. The van der Waals surface area contributed by atoms with Gasteiger partial charge in [-0.2, -0.15) is 0 Å². The van der Waals surface area contributed by atoms with Crippen molar-refractivity contribution in [1.82, 2.24) is 5.32 Å². The smallest absolute Gasteiger partial charge is 0.407 e. The van der Waals surface area contributed by atoms with Gasteiger partial charge in [0.15, 0.2) is 0 Å². The third kappa shape index (κ3) is 8.01. The lowest BCUT2D eigenvalue weighted by molar-refractivity contribution is -0.174. The Morgan fingerprint density at radius 1 is 1.05 bits per heavy atom. The molecule has 0 rings (SSSR count). The first-order valence-electron chi connectivity index (χ1n) is 5.86. The summed E-state index contributed by atoms with van der Waals surface area (Å²) in [6.45, 7) is 7.72. The quantitative estimate of drug-likeness (QED) is 0.733. The van der Waals surface area contributed by atoms with Gasteiger partial charge in [0, 0.05) is 6.54 Å². The number of hydrogen-bond acceptors (Lipinski definition) is 5. The van der Waals surface area contributed by atoms with Crippen molar-refractivity contribution in [2.75, 3.05) is 6.54 Å². The Labute approximate surface area is 112 Å². The Morgan fingerprint density at radius 3 is 2.00 bits per heavy atom. The Morgan fingerprint density at radius 2 is 1.58 bits per heavy atom. The first kappa shape index (κ1) is 17.2. The Bertz CT molecular complexity index is 356. The van der Waals surface area contributed by atoms with Crippen LogP contribution in [0.15, 0.2) is 0 Å². The number of esters is 1. The number of carboxylic acids is 1. The molecule has 0 atom stereocenters. The molecule has 7 nitrogen and oxygen atoms in total. The third-order valence-electron chi connectivity index (χ3n) is 1.88. The SMILES string of the molecule is CC(C)(C)OC(=O)NCCC(=O)OC(C)(C)C(=O)O. The normalized spacial score (nSPS) is 11.6.